The van der Waals surface area contributed by atoms with Crippen molar-refractivity contribution in [2.24, 2.45) is 0 Å². The molecule has 0 atom stereocenters. The lowest BCUT2D eigenvalue weighted by molar-refractivity contribution is -0.140. The minimum Gasteiger partial charge on any atom is -0.490 e. The Kier molecular flexibility index (Phi) is 8.46. The molecular formula is C26H22F5N5O3. The van der Waals surface area contributed by atoms with Gasteiger partial charge in [-0.05, 0) is 30.3 Å². The molecule has 0 saturated carbocycles. The molecule has 0 aliphatic carbocycles. The van der Waals surface area contributed by atoms with E-state index < -0.39 is 29.4 Å². The first-order valence-corrected chi connectivity index (χ1v) is 11.7. The van der Waals surface area contributed by atoms with Gasteiger partial charge in [-0.2, -0.15) is 13.2 Å². The van der Waals surface area contributed by atoms with Crippen molar-refractivity contribution in [2.75, 3.05) is 44.6 Å². The molecule has 0 bridgehead atoms. The summed E-state index contributed by atoms with van der Waals surface area (Å²) >= 11 is 0. The Morgan fingerprint density at radius 2 is 1.82 bits per heavy atom. The van der Waals surface area contributed by atoms with Crippen LogP contribution >= 0.6 is 0 Å². The molecule has 13 heteroatoms. The molecule has 1 aliphatic rings. The lowest BCUT2D eigenvalue weighted by atomic mass is 10.1. The summed E-state index contributed by atoms with van der Waals surface area (Å²) in [7, 11) is 0. The number of halogens is 5. The van der Waals surface area contributed by atoms with Crippen molar-refractivity contribution in [1.82, 2.24) is 19.8 Å². The number of alkyl halides is 3. The van der Waals surface area contributed by atoms with Gasteiger partial charge < -0.3 is 19.9 Å². The van der Waals surface area contributed by atoms with Crippen molar-refractivity contribution in [1.29, 1.82) is 0 Å². The second-order valence-electron chi connectivity index (χ2n) is 8.55. The highest BCUT2D eigenvalue weighted by Gasteiger charge is 2.33. The number of piperazine rings is 1. The summed E-state index contributed by atoms with van der Waals surface area (Å²) in [5.74, 6) is 2.18. The number of carbonyl (C=O) groups is 2. The number of imidazole rings is 1. The molecule has 1 aliphatic heterocycles. The van der Waals surface area contributed by atoms with E-state index in [1.807, 2.05) is 0 Å². The number of hydrogen-bond acceptors (Lipinski definition) is 5. The van der Waals surface area contributed by atoms with Crippen molar-refractivity contribution in [2.45, 2.75) is 6.18 Å². The molecule has 0 spiro atoms. The topological polar surface area (TPSA) is 90.6 Å². The van der Waals surface area contributed by atoms with Gasteiger partial charge in [0.15, 0.2) is 0 Å². The lowest BCUT2D eigenvalue weighted by Crippen LogP contribution is -2.46. The molecule has 3 aromatic rings. The minimum absolute atomic E-state index is 0.0576. The zero-order valence-corrected chi connectivity index (χ0v) is 20.3. The maximum absolute atomic E-state index is 13.4. The largest absolute Gasteiger partial charge is 0.490 e. The van der Waals surface area contributed by atoms with E-state index >= 15 is 0 Å². The number of benzene rings is 2. The first-order valence-electron chi connectivity index (χ1n) is 11.7. The maximum Gasteiger partial charge on any atom is 0.432 e. The summed E-state index contributed by atoms with van der Waals surface area (Å²) in [4.78, 5) is 33.1. The monoisotopic (exact) mass is 547 g/mol. The highest BCUT2D eigenvalue weighted by atomic mass is 19.4. The highest BCUT2D eigenvalue weighted by Crippen LogP contribution is 2.33. The Bertz CT molecular complexity index is 1380. The number of aromatic nitrogens is 2. The Labute approximate surface area is 219 Å². The Balaban J connectivity index is 1.52. The standard InChI is InChI=1S/C26H22F5N5O3/c27-19-11-17(12-20(28)14-19)1-4-24(38)33-21-13-18(25-32-15-23(34-25)26(29,30)31)2-3-22(21)39-10-9-35-5-7-36(16-37)8-6-35/h2-3,11-16H,5-10H2,(H,32,34)(H,33,38). The van der Waals surface area contributed by atoms with Crippen molar-refractivity contribution in [3.8, 4) is 29.0 Å². The molecule has 1 aromatic heterocycles. The fraction of sp³-hybridized carbons (Fsp3) is 0.269. The average molecular weight is 547 g/mol. The molecule has 1 saturated heterocycles. The molecule has 39 heavy (non-hydrogen) atoms. The summed E-state index contributed by atoms with van der Waals surface area (Å²) in [5, 5.41) is 2.51. The molecule has 1 fully saturated rings. The van der Waals surface area contributed by atoms with Gasteiger partial charge in [0.1, 0.15) is 35.5 Å². The Morgan fingerprint density at radius 3 is 2.46 bits per heavy atom. The zero-order chi connectivity index (χ0) is 28.0. The van der Waals surface area contributed by atoms with Gasteiger partial charge in [0.2, 0.25) is 6.41 Å². The summed E-state index contributed by atoms with van der Waals surface area (Å²) < 4.78 is 71.7. The van der Waals surface area contributed by atoms with Crippen LogP contribution in [0.4, 0.5) is 27.6 Å². The van der Waals surface area contributed by atoms with Gasteiger partial charge in [-0.25, -0.2) is 13.8 Å². The fourth-order valence-electron chi connectivity index (χ4n) is 3.80. The van der Waals surface area contributed by atoms with E-state index in [0.717, 1.165) is 18.5 Å². The van der Waals surface area contributed by atoms with Crippen LogP contribution in [0.1, 0.15) is 11.3 Å². The van der Waals surface area contributed by atoms with Gasteiger partial charge in [0.05, 0.1) is 11.9 Å². The van der Waals surface area contributed by atoms with Crippen molar-refractivity contribution in [3.05, 3.63) is 65.5 Å². The van der Waals surface area contributed by atoms with Crippen LogP contribution in [0.3, 0.4) is 0 Å². The normalized spacial score (nSPS) is 13.9. The number of anilines is 1. The minimum atomic E-state index is -4.62. The van der Waals surface area contributed by atoms with Gasteiger partial charge >= 0.3 is 12.1 Å². The van der Waals surface area contributed by atoms with E-state index in [-0.39, 0.29) is 35.0 Å². The number of nitrogens with zero attached hydrogens (tertiary/aromatic N) is 3. The van der Waals surface area contributed by atoms with E-state index in [9.17, 15) is 31.5 Å². The first-order chi connectivity index (χ1) is 18.6. The third-order valence-corrected chi connectivity index (χ3v) is 5.79. The molecule has 4 rings (SSSR count). The van der Waals surface area contributed by atoms with Crippen LogP contribution in [0.15, 0.2) is 42.6 Å². The molecule has 8 nitrogen and oxygen atoms in total. The third-order valence-electron chi connectivity index (χ3n) is 5.79. The van der Waals surface area contributed by atoms with E-state index in [4.69, 9.17) is 4.74 Å². The molecule has 2 aromatic carbocycles. The molecule has 2 N–H and O–H groups in total. The van der Waals surface area contributed by atoms with Crippen LogP contribution in [-0.2, 0) is 15.8 Å². The quantitative estimate of drug-likeness (QED) is 0.269. The van der Waals surface area contributed by atoms with Crippen molar-refractivity contribution < 1.29 is 36.3 Å². The number of hydrogen-bond donors (Lipinski definition) is 2. The van der Waals surface area contributed by atoms with Crippen LogP contribution in [0.5, 0.6) is 5.75 Å². The second kappa shape index (κ2) is 12.0. The van der Waals surface area contributed by atoms with E-state index in [0.29, 0.717) is 45.0 Å². The molecule has 2 heterocycles. The molecular weight excluding hydrogens is 525 g/mol. The van der Waals surface area contributed by atoms with Gasteiger partial charge in [-0.1, -0.05) is 5.92 Å². The number of H-pyrrole nitrogens is 1. The fourth-order valence-corrected chi connectivity index (χ4v) is 3.80. The van der Waals surface area contributed by atoms with Gasteiger partial charge in [-0.15, -0.1) is 0 Å². The summed E-state index contributed by atoms with van der Waals surface area (Å²) in [6.07, 6.45) is -3.16. The predicted molar refractivity (Wildman–Crippen MR) is 130 cm³/mol. The van der Waals surface area contributed by atoms with Crippen LogP contribution in [-0.4, -0.2) is 71.4 Å². The SMILES string of the molecule is O=CN1CCN(CCOc2ccc(-c3ncc(C(F)(F)F)[nH]3)cc2NC(=O)C#Cc2cc(F)cc(F)c2)CC1. The van der Waals surface area contributed by atoms with E-state index in [2.05, 4.69) is 32.0 Å². The van der Waals surface area contributed by atoms with E-state index in [1.165, 1.54) is 18.2 Å². The summed E-state index contributed by atoms with van der Waals surface area (Å²) in [6.45, 7) is 3.27. The maximum atomic E-state index is 13.4. The molecule has 204 valence electrons. The Hall–Kier alpha value is -4.44. The van der Waals surface area contributed by atoms with E-state index in [1.54, 1.807) is 4.90 Å². The Morgan fingerprint density at radius 1 is 1.10 bits per heavy atom. The average Bonchev–Trinajstić information content (AvgIpc) is 3.39. The third kappa shape index (κ3) is 7.55. The number of carbonyl (C=O) groups excluding carboxylic acids is 2. The van der Waals surface area contributed by atoms with Gasteiger partial charge in [-0.3, -0.25) is 14.5 Å². The summed E-state index contributed by atoms with van der Waals surface area (Å²) in [5.41, 5.74) is -0.754. The van der Waals surface area contributed by atoms with Crippen molar-refractivity contribution >= 4 is 18.0 Å². The molecule has 2 amide bonds. The lowest BCUT2D eigenvalue weighted by Gasteiger charge is -2.32. The second-order valence-corrected chi connectivity index (χ2v) is 8.55. The van der Waals surface area contributed by atoms with Gasteiger partial charge in [0, 0.05) is 55.8 Å². The number of amides is 2. The first kappa shape index (κ1) is 27.6. The number of ether oxygens (including phenoxy) is 1. The summed E-state index contributed by atoms with van der Waals surface area (Å²) in [6, 6.07) is 6.92. The zero-order valence-electron chi connectivity index (χ0n) is 20.3. The van der Waals surface area contributed by atoms with Crippen LogP contribution in [0.2, 0.25) is 0 Å². The molecule has 0 radical (unpaired) electrons. The number of nitrogens with one attached hydrogen (secondary N) is 2. The van der Waals surface area contributed by atoms with Crippen LogP contribution in [0.25, 0.3) is 11.4 Å². The smallest absolute Gasteiger partial charge is 0.432 e. The number of rotatable bonds is 7. The predicted octanol–water partition coefficient (Wildman–Crippen LogP) is 3.52. The highest BCUT2D eigenvalue weighted by molar-refractivity contribution is 6.05. The van der Waals surface area contributed by atoms with Crippen LogP contribution < -0.4 is 10.1 Å². The van der Waals surface area contributed by atoms with Crippen LogP contribution in [0, 0.1) is 23.5 Å². The van der Waals surface area contributed by atoms with Gasteiger partial charge in [0.25, 0.3) is 0 Å². The van der Waals surface area contributed by atoms with Crippen molar-refractivity contribution in [3.63, 3.8) is 0 Å². The number of aromatic amines is 1. The molecule has 0 unspecified atom stereocenters.